The quantitative estimate of drug-likeness (QED) is 0.680. The highest BCUT2D eigenvalue weighted by Crippen LogP contribution is 2.42. The van der Waals surface area contributed by atoms with Crippen molar-refractivity contribution in [1.82, 2.24) is 14.6 Å². The smallest absolute Gasteiger partial charge is 0.475 e. The molecule has 1 unspecified atom stereocenters. The highest BCUT2D eigenvalue weighted by molar-refractivity contribution is 7.88. The Labute approximate surface area is 164 Å². The van der Waals surface area contributed by atoms with Crippen LogP contribution in [0.25, 0.3) is 0 Å². The summed E-state index contributed by atoms with van der Waals surface area (Å²) in [5.41, 5.74) is -0.0591. The fourth-order valence-corrected chi connectivity index (χ4v) is 4.45. The lowest BCUT2D eigenvalue weighted by molar-refractivity contribution is -0.192. The van der Waals surface area contributed by atoms with E-state index >= 15 is 0 Å². The second-order valence-corrected chi connectivity index (χ2v) is 9.54. The molecule has 0 saturated carbocycles. The van der Waals surface area contributed by atoms with Crippen molar-refractivity contribution < 1.29 is 36.2 Å². The lowest BCUT2D eigenvalue weighted by atomic mass is 9.79. The van der Waals surface area contributed by atoms with Crippen molar-refractivity contribution >= 4 is 27.3 Å². The van der Waals surface area contributed by atoms with Gasteiger partial charge in [0.2, 0.25) is 10.0 Å². The molecule has 8 nitrogen and oxygen atoms in total. The number of thiazole rings is 1. The van der Waals surface area contributed by atoms with Gasteiger partial charge in [0.15, 0.2) is 0 Å². The molecule has 2 aliphatic rings. The Hall–Kier alpha value is -1.28. The van der Waals surface area contributed by atoms with E-state index in [9.17, 15) is 21.6 Å². The van der Waals surface area contributed by atoms with Gasteiger partial charge in [0.1, 0.15) is 5.01 Å². The summed E-state index contributed by atoms with van der Waals surface area (Å²) in [6, 6.07) is 0. The van der Waals surface area contributed by atoms with Crippen LogP contribution in [0.1, 0.15) is 17.8 Å². The molecule has 160 valence electrons. The molecule has 28 heavy (non-hydrogen) atoms. The molecule has 3 heterocycles. The van der Waals surface area contributed by atoms with E-state index in [-0.39, 0.29) is 5.60 Å². The summed E-state index contributed by atoms with van der Waals surface area (Å²) in [6.07, 6.45) is -0.178. The van der Waals surface area contributed by atoms with Crippen molar-refractivity contribution in [2.24, 2.45) is 5.92 Å². The number of rotatable bonds is 6. The van der Waals surface area contributed by atoms with Crippen LogP contribution >= 0.6 is 11.3 Å². The number of aromatic nitrogens is 1. The van der Waals surface area contributed by atoms with Gasteiger partial charge in [-0.2, -0.15) is 13.2 Å². The molecular weight excluding hydrogens is 423 g/mol. The van der Waals surface area contributed by atoms with Gasteiger partial charge in [0.25, 0.3) is 0 Å². The molecule has 0 amide bonds. The Bertz CT molecular complexity index is 749. The van der Waals surface area contributed by atoms with E-state index in [1.54, 1.807) is 11.3 Å². The first kappa shape index (κ1) is 23.0. The van der Waals surface area contributed by atoms with Crippen LogP contribution in [-0.2, 0) is 26.1 Å². The Balaban J connectivity index is 0.000000345. The first-order chi connectivity index (χ1) is 12.9. The van der Waals surface area contributed by atoms with Gasteiger partial charge in [0, 0.05) is 37.8 Å². The van der Waals surface area contributed by atoms with Crippen LogP contribution in [0.5, 0.6) is 0 Å². The monoisotopic (exact) mass is 445 g/mol. The van der Waals surface area contributed by atoms with Crippen LogP contribution in [0.3, 0.4) is 0 Å². The number of ether oxygens (including phenoxy) is 1. The second-order valence-electron chi connectivity index (χ2n) is 6.73. The first-order valence-electron chi connectivity index (χ1n) is 8.41. The van der Waals surface area contributed by atoms with Crippen LogP contribution in [-0.4, -0.2) is 73.7 Å². The van der Waals surface area contributed by atoms with E-state index in [0.717, 1.165) is 44.1 Å². The largest absolute Gasteiger partial charge is 0.490 e. The second kappa shape index (κ2) is 9.03. The summed E-state index contributed by atoms with van der Waals surface area (Å²) in [7, 11) is -3.09. The van der Waals surface area contributed by atoms with Gasteiger partial charge in [-0.25, -0.2) is 22.9 Å². The van der Waals surface area contributed by atoms with E-state index in [4.69, 9.17) is 14.6 Å². The summed E-state index contributed by atoms with van der Waals surface area (Å²) in [5, 5.41) is 10.3. The van der Waals surface area contributed by atoms with Crippen LogP contribution < -0.4 is 4.72 Å². The predicted molar refractivity (Wildman–Crippen MR) is 95.3 cm³/mol. The lowest BCUT2D eigenvalue weighted by Crippen LogP contribution is -2.64. The van der Waals surface area contributed by atoms with Crippen molar-refractivity contribution in [3.63, 3.8) is 0 Å². The zero-order valence-corrected chi connectivity index (χ0v) is 16.7. The average Bonchev–Trinajstić information content (AvgIpc) is 3.15. The molecule has 3 rings (SSSR count). The SMILES string of the molecule is CS(=O)(=O)NCCC1CCOC12CN(Cc1nccs1)C2.O=C(O)C(F)(F)F. The number of nitrogens with one attached hydrogen (secondary N) is 1. The molecule has 0 radical (unpaired) electrons. The molecule has 13 heteroatoms. The van der Waals surface area contributed by atoms with Gasteiger partial charge >= 0.3 is 12.1 Å². The predicted octanol–water partition coefficient (Wildman–Crippen LogP) is 1.31. The van der Waals surface area contributed by atoms with Crippen molar-refractivity contribution in [3.05, 3.63) is 16.6 Å². The summed E-state index contributed by atoms with van der Waals surface area (Å²) in [5.74, 6) is -2.31. The third-order valence-electron chi connectivity index (χ3n) is 4.52. The molecule has 2 N–H and O–H groups in total. The number of carboxylic acid groups (broad SMARTS) is 1. The van der Waals surface area contributed by atoms with Gasteiger partial charge in [-0.1, -0.05) is 0 Å². The maximum atomic E-state index is 11.1. The average molecular weight is 445 g/mol. The number of sulfonamides is 1. The van der Waals surface area contributed by atoms with Crippen molar-refractivity contribution in [2.75, 3.05) is 32.5 Å². The molecule has 1 atom stereocenters. The number of halogens is 3. The molecule has 2 saturated heterocycles. The van der Waals surface area contributed by atoms with E-state index in [1.807, 2.05) is 11.6 Å². The number of nitrogens with zero attached hydrogens (tertiary/aromatic N) is 2. The van der Waals surface area contributed by atoms with Gasteiger partial charge in [-0.3, -0.25) is 4.90 Å². The minimum absolute atomic E-state index is 0.0591. The molecule has 1 aromatic heterocycles. The molecule has 2 aliphatic heterocycles. The molecule has 0 bridgehead atoms. The Morgan fingerprint density at radius 2 is 2.14 bits per heavy atom. The minimum atomic E-state index is -5.08. The summed E-state index contributed by atoms with van der Waals surface area (Å²) in [4.78, 5) is 15.6. The number of hydrogen-bond acceptors (Lipinski definition) is 7. The van der Waals surface area contributed by atoms with Gasteiger partial charge in [-0.05, 0) is 18.8 Å². The molecule has 0 aromatic carbocycles. The van der Waals surface area contributed by atoms with Gasteiger partial charge in [0.05, 0.1) is 18.4 Å². The maximum Gasteiger partial charge on any atom is 0.490 e. The summed E-state index contributed by atoms with van der Waals surface area (Å²) in [6.45, 7) is 4.03. The third kappa shape index (κ3) is 6.65. The normalized spacial score (nSPS) is 21.8. The summed E-state index contributed by atoms with van der Waals surface area (Å²) >= 11 is 1.68. The first-order valence-corrected chi connectivity index (χ1v) is 11.2. The molecule has 1 spiro atoms. The minimum Gasteiger partial charge on any atom is -0.475 e. The lowest BCUT2D eigenvalue weighted by Gasteiger charge is -2.50. The molecule has 1 aromatic rings. The number of carboxylic acids is 1. The number of hydrogen-bond donors (Lipinski definition) is 2. The van der Waals surface area contributed by atoms with E-state index < -0.39 is 22.2 Å². The standard InChI is InChI=1S/C13H21N3O3S2.C2HF3O2/c1-21(17,18)15-4-2-11-3-6-19-13(11)9-16(10-13)8-12-14-5-7-20-12;3-2(4,5)1(6)7/h5,7,11,15H,2-4,6,8-10H2,1H3;(H,6,7). The van der Waals surface area contributed by atoms with Crippen LogP contribution in [0.4, 0.5) is 13.2 Å². The van der Waals surface area contributed by atoms with E-state index in [2.05, 4.69) is 14.6 Å². The van der Waals surface area contributed by atoms with Crippen molar-refractivity contribution in [2.45, 2.75) is 31.2 Å². The zero-order chi connectivity index (χ0) is 21.0. The van der Waals surface area contributed by atoms with Gasteiger partial charge in [-0.15, -0.1) is 11.3 Å². The molecule has 2 fully saturated rings. The fourth-order valence-electron chi connectivity index (χ4n) is 3.31. The van der Waals surface area contributed by atoms with Crippen LogP contribution in [0, 0.1) is 5.92 Å². The number of likely N-dealkylation sites (tertiary alicyclic amines) is 1. The highest BCUT2D eigenvalue weighted by atomic mass is 32.2. The topological polar surface area (TPSA) is 109 Å². The molecular formula is C15H22F3N3O5S2. The highest BCUT2D eigenvalue weighted by Gasteiger charge is 2.52. The third-order valence-corrected chi connectivity index (χ3v) is 6.02. The molecule has 0 aliphatic carbocycles. The van der Waals surface area contributed by atoms with Crippen LogP contribution in [0.2, 0.25) is 0 Å². The maximum absolute atomic E-state index is 11.1. The van der Waals surface area contributed by atoms with E-state index in [1.165, 1.54) is 6.26 Å². The number of alkyl halides is 3. The zero-order valence-electron chi connectivity index (χ0n) is 15.1. The van der Waals surface area contributed by atoms with Crippen molar-refractivity contribution in [3.8, 4) is 0 Å². The Morgan fingerprint density at radius 1 is 1.50 bits per heavy atom. The van der Waals surface area contributed by atoms with E-state index in [0.29, 0.717) is 12.5 Å². The number of aliphatic carboxylic acids is 1. The van der Waals surface area contributed by atoms with Crippen LogP contribution in [0.15, 0.2) is 11.6 Å². The Kier molecular flexibility index (Phi) is 7.42. The van der Waals surface area contributed by atoms with Gasteiger partial charge < -0.3 is 9.84 Å². The Morgan fingerprint density at radius 3 is 2.64 bits per heavy atom. The number of carbonyl (C=O) groups is 1. The summed E-state index contributed by atoms with van der Waals surface area (Å²) < 4.78 is 62.5. The van der Waals surface area contributed by atoms with Crippen molar-refractivity contribution in [1.29, 1.82) is 0 Å². The fraction of sp³-hybridized carbons (Fsp3) is 0.733.